The van der Waals surface area contributed by atoms with E-state index in [4.69, 9.17) is 0 Å². The molecule has 1 atom stereocenters. The minimum absolute atomic E-state index is 0. The molecule has 0 unspecified atom stereocenters. The van der Waals surface area contributed by atoms with Gasteiger partial charge in [-0.25, -0.2) is 8.78 Å². The molecule has 1 aromatic carbocycles. The number of hydrogen-bond donors (Lipinski definition) is 1. The van der Waals surface area contributed by atoms with E-state index in [1.807, 2.05) is 13.8 Å². The summed E-state index contributed by atoms with van der Waals surface area (Å²) < 4.78 is 26.1. The van der Waals surface area contributed by atoms with Gasteiger partial charge in [0, 0.05) is 38.6 Å². The van der Waals surface area contributed by atoms with Crippen LogP contribution in [0.25, 0.3) is 0 Å². The molecule has 1 fully saturated rings. The first-order valence-corrected chi connectivity index (χ1v) is 7.29. The fourth-order valence-electron chi connectivity index (χ4n) is 3.33. The van der Waals surface area contributed by atoms with Crippen LogP contribution in [0.1, 0.15) is 34.7 Å². The van der Waals surface area contributed by atoms with Crippen LogP contribution >= 0.6 is 12.4 Å². The number of aryl methyl sites for hydroxylation is 3. The maximum atomic E-state index is 13.0. The number of halogens is 3. The smallest absolute Gasteiger partial charge is 0.240 e. The lowest BCUT2D eigenvalue weighted by Crippen LogP contribution is -2.45. The number of piperazine rings is 1. The molecule has 0 spiro atoms. The third-order valence-electron chi connectivity index (χ3n) is 4.07. The number of nitrogens with zero attached hydrogens (tertiary/aromatic N) is 1. The monoisotopic (exact) mass is 318 g/mol. The second-order valence-corrected chi connectivity index (χ2v) is 5.74. The molecule has 0 saturated carbocycles. The molecule has 1 aliphatic heterocycles. The van der Waals surface area contributed by atoms with Gasteiger partial charge in [-0.05, 0) is 37.5 Å². The zero-order valence-corrected chi connectivity index (χ0v) is 13.8. The normalized spacial score (nSPS) is 17.6. The molecule has 2 rings (SSSR count). The van der Waals surface area contributed by atoms with Gasteiger partial charge in [0.05, 0.1) is 0 Å². The Labute approximate surface area is 132 Å². The number of alkyl halides is 2. The van der Waals surface area contributed by atoms with Gasteiger partial charge in [-0.1, -0.05) is 17.7 Å². The lowest BCUT2D eigenvalue weighted by Gasteiger charge is -2.36. The van der Waals surface area contributed by atoms with E-state index in [0.29, 0.717) is 0 Å². The highest BCUT2D eigenvalue weighted by molar-refractivity contribution is 5.85. The zero-order chi connectivity index (χ0) is 14.7. The Morgan fingerprint density at radius 1 is 1.10 bits per heavy atom. The first-order valence-electron chi connectivity index (χ1n) is 7.29. The van der Waals surface area contributed by atoms with Gasteiger partial charge in [-0.3, -0.25) is 4.90 Å². The Kier molecular flexibility index (Phi) is 7.04. The van der Waals surface area contributed by atoms with Crippen molar-refractivity contribution in [1.29, 1.82) is 0 Å². The van der Waals surface area contributed by atoms with Crippen molar-refractivity contribution in [3.8, 4) is 0 Å². The molecule has 1 N–H and O–H groups in total. The summed E-state index contributed by atoms with van der Waals surface area (Å²) in [4.78, 5) is 2.20. The maximum absolute atomic E-state index is 13.0. The molecular weight excluding hydrogens is 294 g/mol. The molecule has 1 saturated heterocycles. The predicted octanol–water partition coefficient (Wildman–Crippen LogP) is 3.64. The lowest BCUT2D eigenvalue weighted by molar-refractivity contribution is 0.0734. The highest BCUT2D eigenvalue weighted by Gasteiger charge is 2.27. The van der Waals surface area contributed by atoms with Gasteiger partial charge in [0.1, 0.15) is 0 Å². The van der Waals surface area contributed by atoms with Crippen LogP contribution in [-0.2, 0) is 0 Å². The van der Waals surface area contributed by atoms with Crippen LogP contribution in [0.15, 0.2) is 12.1 Å². The van der Waals surface area contributed by atoms with E-state index in [1.54, 1.807) is 0 Å². The van der Waals surface area contributed by atoms with Crippen LogP contribution in [0, 0.1) is 20.8 Å². The highest BCUT2D eigenvalue weighted by atomic mass is 35.5. The molecule has 0 amide bonds. The molecule has 1 aliphatic rings. The summed E-state index contributed by atoms with van der Waals surface area (Å²) in [5, 5.41) is 3.28. The molecule has 1 aromatic rings. The van der Waals surface area contributed by atoms with E-state index in [2.05, 4.69) is 29.3 Å². The SMILES string of the molecule is Cc1cc(C)c([C@@H](CC(F)F)N2CCNCC2)c(C)c1.Cl. The van der Waals surface area contributed by atoms with Gasteiger partial charge < -0.3 is 5.32 Å². The third kappa shape index (κ3) is 4.63. The molecule has 120 valence electrons. The average Bonchev–Trinajstić information content (AvgIpc) is 2.37. The van der Waals surface area contributed by atoms with Gasteiger partial charge >= 0.3 is 0 Å². The van der Waals surface area contributed by atoms with Crippen molar-refractivity contribution in [2.75, 3.05) is 26.2 Å². The molecule has 0 aliphatic carbocycles. The summed E-state index contributed by atoms with van der Waals surface area (Å²) in [6.07, 6.45) is -2.35. The molecule has 5 heteroatoms. The van der Waals surface area contributed by atoms with Crippen molar-refractivity contribution in [1.82, 2.24) is 10.2 Å². The number of hydrogen-bond acceptors (Lipinski definition) is 2. The summed E-state index contributed by atoms with van der Waals surface area (Å²) in [6.45, 7) is 9.56. The fraction of sp³-hybridized carbons (Fsp3) is 0.625. The summed E-state index contributed by atoms with van der Waals surface area (Å²) in [5.41, 5.74) is 4.55. The maximum Gasteiger partial charge on any atom is 0.240 e. The van der Waals surface area contributed by atoms with Gasteiger partial charge in [0.25, 0.3) is 0 Å². The Morgan fingerprint density at radius 3 is 2.10 bits per heavy atom. The Balaban J connectivity index is 0.00000220. The van der Waals surface area contributed by atoms with E-state index < -0.39 is 6.43 Å². The molecule has 2 nitrogen and oxygen atoms in total. The molecule has 21 heavy (non-hydrogen) atoms. The van der Waals surface area contributed by atoms with Crippen molar-refractivity contribution in [3.63, 3.8) is 0 Å². The second-order valence-electron chi connectivity index (χ2n) is 5.74. The molecule has 0 radical (unpaired) electrons. The van der Waals surface area contributed by atoms with Crippen molar-refractivity contribution in [2.45, 2.75) is 39.7 Å². The second kappa shape index (κ2) is 8.06. The van der Waals surface area contributed by atoms with Gasteiger partial charge in [0.15, 0.2) is 0 Å². The van der Waals surface area contributed by atoms with Gasteiger partial charge in [-0.2, -0.15) is 0 Å². The largest absolute Gasteiger partial charge is 0.314 e. The molecule has 0 bridgehead atoms. The fourth-order valence-corrected chi connectivity index (χ4v) is 3.33. The minimum Gasteiger partial charge on any atom is -0.314 e. The van der Waals surface area contributed by atoms with Crippen molar-refractivity contribution < 1.29 is 8.78 Å². The summed E-state index contributed by atoms with van der Waals surface area (Å²) in [5.74, 6) is 0. The summed E-state index contributed by atoms with van der Waals surface area (Å²) in [7, 11) is 0. The van der Waals surface area contributed by atoms with E-state index in [-0.39, 0.29) is 24.9 Å². The Hall–Kier alpha value is -0.710. The van der Waals surface area contributed by atoms with Gasteiger partial charge in [-0.15, -0.1) is 12.4 Å². The molecule has 0 aromatic heterocycles. The Bertz CT molecular complexity index is 437. The molecule has 1 heterocycles. The number of rotatable bonds is 4. The Morgan fingerprint density at radius 2 is 1.62 bits per heavy atom. The average molecular weight is 319 g/mol. The van der Waals surface area contributed by atoms with Crippen LogP contribution in [0.4, 0.5) is 8.78 Å². The quantitative estimate of drug-likeness (QED) is 0.912. The van der Waals surface area contributed by atoms with Crippen LogP contribution < -0.4 is 5.32 Å². The van der Waals surface area contributed by atoms with E-state index in [0.717, 1.165) is 42.9 Å². The van der Waals surface area contributed by atoms with Crippen LogP contribution in [0.5, 0.6) is 0 Å². The first-order chi connectivity index (χ1) is 9.49. The van der Waals surface area contributed by atoms with Crippen molar-refractivity contribution in [3.05, 3.63) is 34.4 Å². The summed E-state index contributed by atoms with van der Waals surface area (Å²) in [6, 6.07) is 4.03. The predicted molar refractivity (Wildman–Crippen MR) is 85.7 cm³/mol. The zero-order valence-electron chi connectivity index (χ0n) is 13.0. The van der Waals surface area contributed by atoms with E-state index in [1.165, 1.54) is 5.56 Å². The third-order valence-corrected chi connectivity index (χ3v) is 4.07. The van der Waals surface area contributed by atoms with E-state index >= 15 is 0 Å². The van der Waals surface area contributed by atoms with E-state index in [9.17, 15) is 8.78 Å². The first kappa shape index (κ1) is 18.3. The topological polar surface area (TPSA) is 15.3 Å². The summed E-state index contributed by atoms with van der Waals surface area (Å²) >= 11 is 0. The van der Waals surface area contributed by atoms with Crippen molar-refractivity contribution >= 4 is 12.4 Å². The lowest BCUT2D eigenvalue weighted by atomic mass is 9.91. The van der Waals surface area contributed by atoms with Gasteiger partial charge in [0.2, 0.25) is 6.43 Å². The minimum atomic E-state index is -2.27. The number of benzene rings is 1. The standard InChI is InChI=1S/C16H24F2N2.ClH/c1-11-8-12(2)16(13(3)9-11)14(10-15(17)18)20-6-4-19-5-7-20;/h8-9,14-15,19H,4-7,10H2,1-3H3;1H/t14-;/m1./s1. The number of nitrogens with one attached hydrogen (secondary N) is 1. The van der Waals surface area contributed by atoms with Crippen molar-refractivity contribution in [2.24, 2.45) is 0 Å². The van der Waals surface area contributed by atoms with Crippen LogP contribution in [0.2, 0.25) is 0 Å². The molecular formula is C16H25ClF2N2. The highest BCUT2D eigenvalue weighted by Crippen LogP contribution is 2.32. The van der Waals surface area contributed by atoms with Crippen LogP contribution in [-0.4, -0.2) is 37.5 Å². The van der Waals surface area contributed by atoms with Crippen LogP contribution in [0.3, 0.4) is 0 Å².